The summed E-state index contributed by atoms with van der Waals surface area (Å²) in [6.07, 6.45) is 0.803. The molecule has 0 unspecified atom stereocenters. The van der Waals surface area contributed by atoms with Crippen LogP contribution in [0.4, 0.5) is 0 Å². The largest absolute Gasteiger partial charge is 0.439 e. The van der Waals surface area contributed by atoms with Gasteiger partial charge in [-0.05, 0) is 29.2 Å². The minimum absolute atomic E-state index is 0.342. The molecule has 8 nitrogen and oxygen atoms in total. The lowest BCUT2D eigenvalue weighted by Gasteiger charge is -2.10. The molecule has 5 aromatic rings. The zero-order valence-corrected chi connectivity index (χ0v) is 17.9. The van der Waals surface area contributed by atoms with Gasteiger partial charge in [0.15, 0.2) is 5.82 Å². The van der Waals surface area contributed by atoms with Crippen molar-refractivity contribution in [2.75, 3.05) is 0 Å². The molecule has 0 saturated carbocycles. The SMILES string of the molecule is CCc1cc2c(=O)[nH]c(=O)n(Cc3ccc(-c4ccccc4-c4noc(=O)[nH]4)cc3)c2s1. The quantitative estimate of drug-likeness (QED) is 0.430. The number of H-pyrrole nitrogens is 2. The molecule has 0 bridgehead atoms. The third-order valence-corrected chi connectivity index (χ3v) is 6.60. The van der Waals surface area contributed by atoms with E-state index in [-0.39, 0.29) is 5.56 Å². The monoisotopic (exact) mass is 446 g/mol. The smallest absolute Gasteiger partial charge is 0.296 e. The number of hydrogen-bond donors (Lipinski definition) is 2. The van der Waals surface area contributed by atoms with E-state index in [1.54, 1.807) is 4.57 Å². The van der Waals surface area contributed by atoms with Gasteiger partial charge in [-0.1, -0.05) is 60.6 Å². The minimum Gasteiger partial charge on any atom is -0.296 e. The van der Waals surface area contributed by atoms with Gasteiger partial charge in [0.2, 0.25) is 0 Å². The zero-order chi connectivity index (χ0) is 22.2. The van der Waals surface area contributed by atoms with Crippen LogP contribution in [0.15, 0.2) is 73.5 Å². The van der Waals surface area contributed by atoms with Crippen molar-refractivity contribution in [1.29, 1.82) is 0 Å². The second kappa shape index (κ2) is 7.93. The number of fused-ring (bicyclic) bond motifs is 1. The van der Waals surface area contributed by atoms with Crippen LogP contribution in [0.1, 0.15) is 17.4 Å². The van der Waals surface area contributed by atoms with Gasteiger partial charge in [0, 0.05) is 10.4 Å². The van der Waals surface area contributed by atoms with Gasteiger partial charge in [-0.2, -0.15) is 0 Å². The molecule has 0 saturated heterocycles. The number of aromatic amines is 2. The maximum atomic E-state index is 12.5. The first kappa shape index (κ1) is 20.0. The number of rotatable bonds is 5. The summed E-state index contributed by atoms with van der Waals surface area (Å²) in [7, 11) is 0. The number of thiophene rings is 1. The number of aryl methyl sites for hydroxylation is 1. The number of nitrogens with one attached hydrogen (secondary N) is 2. The van der Waals surface area contributed by atoms with Crippen LogP contribution in [-0.4, -0.2) is 19.7 Å². The Morgan fingerprint density at radius 1 is 1.00 bits per heavy atom. The summed E-state index contributed by atoms with van der Waals surface area (Å²) >= 11 is 1.47. The lowest BCUT2D eigenvalue weighted by molar-refractivity contribution is 0.388. The summed E-state index contributed by atoms with van der Waals surface area (Å²) in [6.45, 7) is 2.36. The molecule has 32 heavy (non-hydrogen) atoms. The van der Waals surface area contributed by atoms with E-state index in [1.165, 1.54) is 11.3 Å². The fourth-order valence-electron chi connectivity index (χ4n) is 3.70. The van der Waals surface area contributed by atoms with Crippen molar-refractivity contribution in [3.8, 4) is 22.5 Å². The summed E-state index contributed by atoms with van der Waals surface area (Å²) in [4.78, 5) is 42.8. The van der Waals surface area contributed by atoms with Gasteiger partial charge < -0.3 is 0 Å². The Morgan fingerprint density at radius 2 is 1.75 bits per heavy atom. The third-order valence-electron chi connectivity index (χ3n) is 5.30. The summed E-state index contributed by atoms with van der Waals surface area (Å²) in [6, 6.07) is 17.2. The molecule has 3 heterocycles. The fourth-order valence-corrected chi connectivity index (χ4v) is 4.78. The molecule has 0 spiro atoms. The van der Waals surface area contributed by atoms with E-state index in [2.05, 4.69) is 19.6 Å². The van der Waals surface area contributed by atoms with E-state index in [4.69, 9.17) is 0 Å². The van der Waals surface area contributed by atoms with Crippen molar-refractivity contribution in [2.24, 2.45) is 0 Å². The van der Waals surface area contributed by atoms with E-state index in [0.29, 0.717) is 22.6 Å². The van der Waals surface area contributed by atoms with Crippen molar-refractivity contribution in [1.82, 2.24) is 19.7 Å². The Bertz CT molecular complexity index is 1600. The predicted molar refractivity (Wildman–Crippen MR) is 123 cm³/mol. The molecule has 160 valence electrons. The van der Waals surface area contributed by atoms with Crippen LogP contribution in [0.5, 0.6) is 0 Å². The fraction of sp³-hybridized carbons (Fsp3) is 0.130. The Labute approximate surface area is 184 Å². The summed E-state index contributed by atoms with van der Waals surface area (Å²) in [5.74, 6) is -0.246. The van der Waals surface area contributed by atoms with Gasteiger partial charge in [0.25, 0.3) is 5.56 Å². The van der Waals surface area contributed by atoms with Crippen molar-refractivity contribution in [2.45, 2.75) is 19.9 Å². The Hall–Kier alpha value is -3.98. The Kier molecular flexibility index (Phi) is 4.95. The van der Waals surface area contributed by atoms with Gasteiger partial charge >= 0.3 is 11.4 Å². The highest BCUT2D eigenvalue weighted by Gasteiger charge is 2.13. The number of nitrogens with zero attached hydrogens (tertiary/aromatic N) is 2. The lowest BCUT2D eigenvalue weighted by Crippen LogP contribution is -2.29. The number of benzene rings is 2. The van der Waals surface area contributed by atoms with Gasteiger partial charge in [-0.3, -0.25) is 23.9 Å². The zero-order valence-electron chi connectivity index (χ0n) is 17.0. The van der Waals surface area contributed by atoms with Crippen LogP contribution in [0.25, 0.3) is 32.7 Å². The van der Waals surface area contributed by atoms with Crippen molar-refractivity contribution in [3.63, 3.8) is 0 Å². The molecule has 0 fully saturated rings. The van der Waals surface area contributed by atoms with Crippen LogP contribution < -0.4 is 17.0 Å². The van der Waals surface area contributed by atoms with E-state index in [1.807, 2.05) is 61.5 Å². The van der Waals surface area contributed by atoms with Crippen LogP contribution in [0, 0.1) is 0 Å². The normalized spacial score (nSPS) is 11.3. The first-order chi connectivity index (χ1) is 15.5. The van der Waals surface area contributed by atoms with Gasteiger partial charge in [0.05, 0.1) is 11.9 Å². The molecular formula is C23H18N4O4S. The Morgan fingerprint density at radius 3 is 2.44 bits per heavy atom. The maximum Gasteiger partial charge on any atom is 0.439 e. The van der Waals surface area contributed by atoms with Crippen molar-refractivity contribution < 1.29 is 4.52 Å². The topological polar surface area (TPSA) is 114 Å². The second-order valence-corrected chi connectivity index (χ2v) is 8.43. The highest BCUT2D eigenvalue weighted by atomic mass is 32.1. The Balaban J connectivity index is 1.51. The molecule has 0 aliphatic rings. The summed E-state index contributed by atoms with van der Waals surface area (Å²) < 4.78 is 6.24. The number of hydrogen-bond acceptors (Lipinski definition) is 6. The first-order valence-corrected chi connectivity index (χ1v) is 10.9. The average molecular weight is 446 g/mol. The molecular weight excluding hydrogens is 428 g/mol. The lowest BCUT2D eigenvalue weighted by atomic mass is 9.98. The van der Waals surface area contributed by atoms with E-state index < -0.39 is 11.4 Å². The van der Waals surface area contributed by atoms with E-state index in [0.717, 1.165) is 33.6 Å². The second-order valence-electron chi connectivity index (χ2n) is 7.32. The van der Waals surface area contributed by atoms with E-state index in [9.17, 15) is 14.4 Å². The molecule has 2 aromatic carbocycles. The highest BCUT2D eigenvalue weighted by molar-refractivity contribution is 7.18. The number of aromatic nitrogens is 4. The van der Waals surface area contributed by atoms with Crippen molar-refractivity contribution in [3.05, 3.63) is 96.4 Å². The van der Waals surface area contributed by atoms with Crippen molar-refractivity contribution >= 4 is 21.6 Å². The van der Waals surface area contributed by atoms with E-state index >= 15 is 0 Å². The first-order valence-electron chi connectivity index (χ1n) is 10.0. The van der Waals surface area contributed by atoms with Crippen LogP contribution in [0.3, 0.4) is 0 Å². The molecule has 0 atom stereocenters. The highest BCUT2D eigenvalue weighted by Crippen LogP contribution is 2.30. The molecule has 9 heteroatoms. The molecule has 0 amide bonds. The van der Waals surface area contributed by atoms with Crippen LogP contribution >= 0.6 is 11.3 Å². The predicted octanol–water partition coefficient (Wildman–Crippen LogP) is 3.37. The molecule has 2 N–H and O–H groups in total. The standard InChI is InChI=1S/C23H18N4O4S/c1-2-15-11-18-20(28)25-22(29)27(21(18)32-15)12-13-7-9-14(10-8-13)16-5-3-4-6-17(16)19-24-23(30)31-26-19/h3-11H,2,12H2,1H3,(H,24,26,30)(H,25,28,29). The minimum atomic E-state index is -0.609. The van der Waals surface area contributed by atoms with Crippen LogP contribution in [-0.2, 0) is 13.0 Å². The molecule has 5 rings (SSSR count). The van der Waals surface area contributed by atoms with Gasteiger partial charge in [-0.15, -0.1) is 11.3 Å². The molecule has 3 aromatic heterocycles. The maximum absolute atomic E-state index is 12.5. The van der Waals surface area contributed by atoms with Gasteiger partial charge in [-0.25, -0.2) is 9.59 Å². The third kappa shape index (κ3) is 3.52. The summed E-state index contributed by atoms with van der Waals surface area (Å²) in [5.41, 5.74) is 2.71. The molecule has 0 radical (unpaired) electrons. The summed E-state index contributed by atoms with van der Waals surface area (Å²) in [5, 5.41) is 4.33. The van der Waals surface area contributed by atoms with Crippen LogP contribution in [0.2, 0.25) is 0 Å². The van der Waals surface area contributed by atoms with Gasteiger partial charge in [0.1, 0.15) is 4.83 Å². The average Bonchev–Trinajstić information content (AvgIpc) is 3.44. The molecule has 0 aliphatic carbocycles. The molecule has 0 aliphatic heterocycles.